The van der Waals surface area contributed by atoms with Crippen molar-refractivity contribution in [1.29, 1.82) is 0 Å². The van der Waals surface area contributed by atoms with E-state index in [0.29, 0.717) is 23.8 Å². The smallest absolute Gasteiger partial charge is 0.270 e. The number of nitrogen functional groups attached to an aromatic ring is 1. The maximum absolute atomic E-state index is 12.4. The summed E-state index contributed by atoms with van der Waals surface area (Å²) in [7, 11) is 3.59. The zero-order chi connectivity index (χ0) is 15.1. The third-order valence-electron chi connectivity index (χ3n) is 4.14. The van der Waals surface area contributed by atoms with E-state index in [-0.39, 0.29) is 5.91 Å². The van der Waals surface area contributed by atoms with Crippen molar-refractivity contribution in [3.63, 3.8) is 0 Å². The third-order valence-corrected chi connectivity index (χ3v) is 4.14. The minimum Gasteiger partial charge on any atom is -0.464 e. The van der Waals surface area contributed by atoms with Gasteiger partial charge in [0.2, 0.25) is 0 Å². The fraction of sp³-hybridized carbons (Fsp3) is 0.438. The minimum atomic E-state index is -0.0630. The summed E-state index contributed by atoms with van der Waals surface area (Å²) < 4.78 is 7.59. The first kappa shape index (κ1) is 13.8. The SMILES string of the molecule is CC1CC1c1ccc(CN(C)C(=O)c2cc(N)cn2C)o1. The van der Waals surface area contributed by atoms with Crippen molar-refractivity contribution in [2.75, 3.05) is 12.8 Å². The van der Waals surface area contributed by atoms with Gasteiger partial charge >= 0.3 is 0 Å². The maximum Gasteiger partial charge on any atom is 0.270 e. The van der Waals surface area contributed by atoms with Crippen LogP contribution in [-0.4, -0.2) is 22.4 Å². The quantitative estimate of drug-likeness (QED) is 0.940. The molecule has 3 rings (SSSR count). The van der Waals surface area contributed by atoms with Crippen LogP contribution in [0.3, 0.4) is 0 Å². The number of aromatic nitrogens is 1. The number of amides is 1. The van der Waals surface area contributed by atoms with Crippen LogP contribution in [0.15, 0.2) is 28.8 Å². The second-order valence-corrected chi connectivity index (χ2v) is 6.05. The Bertz CT molecular complexity index is 671. The number of carbonyl (C=O) groups excluding carboxylic acids is 1. The molecule has 21 heavy (non-hydrogen) atoms. The van der Waals surface area contributed by atoms with Gasteiger partial charge in [0.05, 0.1) is 12.2 Å². The Kier molecular flexibility index (Phi) is 3.27. The summed E-state index contributed by atoms with van der Waals surface area (Å²) in [6.45, 7) is 2.69. The molecule has 1 saturated carbocycles. The number of anilines is 1. The lowest BCUT2D eigenvalue weighted by atomic mass is 10.3. The van der Waals surface area contributed by atoms with Gasteiger partial charge in [-0.1, -0.05) is 6.92 Å². The first-order chi connectivity index (χ1) is 9.95. The van der Waals surface area contributed by atoms with Crippen molar-refractivity contribution in [3.8, 4) is 0 Å². The highest BCUT2D eigenvalue weighted by Gasteiger charge is 2.36. The molecule has 2 atom stereocenters. The largest absolute Gasteiger partial charge is 0.464 e. The van der Waals surface area contributed by atoms with Gasteiger partial charge in [-0.2, -0.15) is 0 Å². The molecule has 5 nitrogen and oxygen atoms in total. The van der Waals surface area contributed by atoms with Gasteiger partial charge in [-0.05, 0) is 30.5 Å². The fourth-order valence-corrected chi connectivity index (χ4v) is 2.70. The Labute approximate surface area is 124 Å². The second kappa shape index (κ2) is 4.98. The lowest BCUT2D eigenvalue weighted by Gasteiger charge is -2.16. The van der Waals surface area contributed by atoms with Crippen LogP contribution in [-0.2, 0) is 13.6 Å². The fourth-order valence-electron chi connectivity index (χ4n) is 2.70. The van der Waals surface area contributed by atoms with Crippen molar-refractivity contribution in [2.45, 2.75) is 25.8 Å². The van der Waals surface area contributed by atoms with E-state index in [4.69, 9.17) is 10.2 Å². The highest BCUT2D eigenvalue weighted by atomic mass is 16.3. The van der Waals surface area contributed by atoms with Crippen molar-refractivity contribution in [3.05, 3.63) is 41.6 Å². The second-order valence-electron chi connectivity index (χ2n) is 6.05. The predicted molar refractivity (Wildman–Crippen MR) is 80.9 cm³/mol. The average Bonchev–Trinajstić information content (AvgIpc) is 2.84. The molecular formula is C16H21N3O2. The number of nitrogens with zero attached hydrogens (tertiary/aromatic N) is 2. The molecule has 2 heterocycles. The van der Waals surface area contributed by atoms with Gasteiger partial charge in [0, 0.05) is 26.2 Å². The molecule has 1 amide bonds. The maximum atomic E-state index is 12.4. The van der Waals surface area contributed by atoms with Crippen molar-refractivity contribution in [2.24, 2.45) is 13.0 Å². The van der Waals surface area contributed by atoms with Crippen LogP contribution < -0.4 is 5.73 Å². The third kappa shape index (κ3) is 2.68. The Hall–Kier alpha value is -2.17. The number of hydrogen-bond acceptors (Lipinski definition) is 3. The summed E-state index contributed by atoms with van der Waals surface area (Å²) in [5.74, 6) is 3.08. The summed E-state index contributed by atoms with van der Waals surface area (Å²) in [6, 6.07) is 5.68. The van der Waals surface area contributed by atoms with Gasteiger partial charge in [0.1, 0.15) is 17.2 Å². The van der Waals surface area contributed by atoms with Crippen LogP contribution in [0.1, 0.15) is 41.3 Å². The molecule has 0 saturated heterocycles. The number of furan rings is 1. The number of carbonyl (C=O) groups is 1. The topological polar surface area (TPSA) is 64.4 Å². The number of hydrogen-bond donors (Lipinski definition) is 1. The van der Waals surface area contributed by atoms with Crippen LogP contribution in [0.25, 0.3) is 0 Å². The first-order valence-electron chi connectivity index (χ1n) is 7.21. The van der Waals surface area contributed by atoms with E-state index in [9.17, 15) is 4.79 Å². The van der Waals surface area contributed by atoms with E-state index in [2.05, 4.69) is 6.92 Å². The summed E-state index contributed by atoms with van der Waals surface area (Å²) in [5.41, 5.74) is 6.89. The van der Waals surface area contributed by atoms with Gasteiger partial charge in [0.25, 0.3) is 5.91 Å². The number of nitrogens with two attached hydrogens (primary N) is 1. The molecule has 0 aliphatic heterocycles. The van der Waals surface area contributed by atoms with E-state index >= 15 is 0 Å². The lowest BCUT2D eigenvalue weighted by molar-refractivity contribution is 0.0765. The van der Waals surface area contributed by atoms with E-state index in [1.54, 1.807) is 28.8 Å². The molecule has 1 aliphatic rings. The van der Waals surface area contributed by atoms with E-state index in [1.165, 1.54) is 6.42 Å². The van der Waals surface area contributed by atoms with Gasteiger partial charge < -0.3 is 19.6 Å². The zero-order valence-corrected chi connectivity index (χ0v) is 12.7. The highest BCUT2D eigenvalue weighted by Crippen LogP contribution is 2.47. The van der Waals surface area contributed by atoms with Gasteiger partial charge in [-0.15, -0.1) is 0 Å². The van der Waals surface area contributed by atoms with Crippen molar-refractivity contribution in [1.82, 2.24) is 9.47 Å². The molecule has 0 spiro atoms. The molecular weight excluding hydrogens is 266 g/mol. The Morgan fingerprint density at radius 2 is 2.24 bits per heavy atom. The monoisotopic (exact) mass is 287 g/mol. The normalized spacial score (nSPS) is 20.5. The number of aryl methyl sites for hydroxylation is 1. The Morgan fingerprint density at radius 1 is 1.52 bits per heavy atom. The lowest BCUT2D eigenvalue weighted by Crippen LogP contribution is -2.27. The van der Waals surface area contributed by atoms with Gasteiger partial charge in [0.15, 0.2) is 0 Å². The van der Waals surface area contributed by atoms with Crippen molar-refractivity contribution >= 4 is 11.6 Å². The van der Waals surface area contributed by atoms with E-state index < -0.39 is 0 Å². The van der Waals surface area contributed by atoms with E-state index in [1.807, 2.05) is 19.2 Å². The molecule has 1 fully saturated rings. The summed E-state index contributed by atoms with van der Waals surface area (Å²) in [5, 5.41) is 0. The molecule has 112 valence electrons. The summed E-state index contributed by atoms with van der Waals surface area (Å²) in [4.78, 5) is 14.0. The Balaban J connectivity index is 1.68. The molecule has 2 aromatic rings. The molecule has 2 unspecified atom stereocenters. The van der Waals surface area contributed by atoms with Crippen LogP contribution in [0.5, 0.6) is 0 Å². The van der Waals surface area contributed by atoms with Gasteiger partial charge in [-0.3, -0.25) is 4.79 Å². The summed E-state index contributed by atoms with van der Waals surface area (Å²) in [6.07, 6.45) is 2.94. The zero-order valence-electron chi connectivity index (χ0n) is 12.7. The van der Waals surface area contributed by atoms with Crippen LogP contribution >= 0.6 is 0 Å². The molecule has 1 aliphatic carbocycles. The molecule has 0 bridgehead atoms. The van der Waals surface area contributed by atoms with Gasteiger partial charge in [-0.25, -0.2) is 0 Å². The summed E-state index contributed by atoms with van der Waals surface area (Å²) >= 11 is 0. The van der Waals surface area contributed by atoms with Crippen molar-refractivity contribution < 1.29 is 9.21 Å². The first-order valence-corrected chi connectivity index (χ1v) is 7.21. The minimum absolute atomic E-state index is 0.0630. The van der Waals surface area contributed by atoms with E-state index in [0.717, 1.165) is 17.4 Å². The average molecular weight is 287 g/mol. The van der Waals surface area contributed by atoms with Crippen LogP contribution in [0.2, 0.25) is 0 Å². The predicted octanol–water partition coefficient (Wildman–Crippen LogP) is 2.60. The molecule has 5 heteroatoms. The molecule has 2 aromatic heterocycles. The molecule has 2 N–H and O–H groups in total. The Morgan fingerprint density at radius 3 is 2.81 bits per heavy atom. The highest BCUT2D eigenvalue weighted by molar-refractivity contribution is 5.93. The van der Waals surface area contributed by atoms with Crippen LogP contribution in [0, 0.1) is 5.92 Å². The number of rotatable bonds is 4. The molecule has 0 aromatic carbocycles. The van der Waals surface area contributed by atoms with Crippen LogP contribution in [0.4, 0.5) is 5.69 Å². The standard InChI is InChI=1S/C16H21N3O2/c1-10-6-13(10)15-5-4-12(21-15)9-19(3)16(20)14-7-11(17)8-18(14)2/h4-5,7-8,10,13H,6,9,17H2,1-3H3. The molecule has 0 radical (unpaired) electrons.